The highest BCUT2D eigenvalue weighted by Gasteiger charge is 2.18. The van der Waals surface area contributed by atoms with Crippen molar-refractivity contribution in [3.05, 3.63) is 28.8 Å². The molecule has 0 saturated heterocycles. The Labute approximate surface area is 141 Å². The summed E-state index contributed by atoms with van der Waals surface area (Å²) < 4.78 is 3.51. The summed E-state index contributed by atoms with van der Waals surface area (Å²) in [6, 6.07) is 0. The molecule has 0 aliphatic heterocycles. The van der Waals surface area contributed by atoms with Crippen LogP contribution < -0.4 is 10.6 Å². The van der Waals surface area contributed by atoms with Crippen molar-refractivity contribution in [2.75, 3.05) is 5.32 Å². The minimum Gasteiger partial charge on any atom is -0.344 e. The Morgan fingerprint density at radius 3 is 2.42 bits per heavy atom. The average Bonchev–Trinajstić information content (AvgIpc) is 2.99. The monoisotopic (exact) mass is 332 g/mol. The van der Waals surface area contributed by atoms with Gasteiger partial charge >= 0.3 is 11.8 Å². The Bertz CT molecular complexity index is 759. The van der Waals surface area contributed by atoms with Crippen molar-refractivity contribution in [1.82, 2.24) is 24.9 Å². The number of nitrogens with one attached hydrogen (secondary N) is 2. The van der Waals surface area contributed by atoms with Gasteiger partial charge in [-0.1, -0.05) is 6.92 Å². The van der Waals surface area contributed by atoms with Crippen LogP contribution in [-0.4, -0.2) is 31.4 Å². The van der Waals surface area contributed by atoms with Crippen LogP contribution >= 0.6 is 0 Å². The van der Waals surface area contributed by atoms with Crippen LogP contribution in [0.15, 0.2) is 6.20 Å². The number of carbonyl (C=O) groups excluding carboxylic acids is 2. The third-order valence-corrected chi connectivity index (χ3v) is 3.89. The van der Waals surface area contributed by atoms with E-state index in [1.54, 1.807) is 18.7 Å². The number of hydrogen-bond donors (Lipinski definition) is 2. The Balaban J connectivity index is 1.96. The van der Waals surface area contributed by atoms with E-state index in [0.29, 0.717) is 11.4 Å². The molecule has 0 fully saturated rings. The lowest BCUT2D eigenvalue weighted by atomic mass is 10.2. The molecule has 0 saturated carbocycles. The molecule has 0 bridgehead atoms. The molecule has 2 rings (SSSR count). The van der Waals surface area contributed by atoms with Gasteiger partial charge in [-0.25, -0.2) is 0 Å². The molecule has 0 spiro atoms. The van der Waals surface area contributed by atoms with Crippen molar-refractivity contribution in [2.45, 2.75) is 47.2 Å². The molecule has 0 atom stereocenters. The van der Waals surface area contributed by atoms with Crippen LogP contribution in [0.3, 0.4) is 0 Å². The van der Waals surface area contributed by atoms with Gasteiger partial charge in [0.1, 0.15) is 0 Å². The first-order chi connectivity index (χ1) is 11.3. The molecule has 130 valence electrons. The van der Waals surface area contributed by atoms with Crippen LogP contribution in [0.5, 0.6) is 0 Å². The fraction of sp³-hybridized carbons (Fsp3) is 0.500. The number of hydrogen-bond acceptors (Lipinski definition) is 4. The smallest absolute Gasteiger partial charge is 0.313 e. The number of nitrogens with zero attached hydrogens (tertiary/aromatic N) is 4. The summed E-state index contributed by atoms with van der Waals surface area (Å²) in [7, 11) is 1.79. The molecule has 0 aliphatic rings. The highest BCUT2D eigenvalue weighted by molar-refractivity contribution is 6.39. The maximum absolute atomic E-state index is 12.1. The normalized spacial score (nSPS) is 10.7. The van der Waals surface area contributed by atoms with E-state index in [0.717, 1.165) is 29.9 Å². The van der Waals surface area contributed by atoms with Crippen molar-refractivity contribution in [3.63, 3.8) is 0 Å². The van der Waals surface area contributed by atoms with Crippen molar-refractivity contribution >= 4 is 17.5 Å². The molecule has 0 aromatic carbocycles. The first-order valence-electron chi connectivity index (χ1n) is 7.95. The standard InChI is InChI=1S/C16H24N6O2/c1-6-7-22-9-13(10(2)20-22)8-17-15(23)16(24)18-14-11(3)19-21(5)12(14)4/h9H,6-8H2,1-5H3,(H,17,23)(H,18,24). The van der Waals surface area contributed by atoms with Crippen molar-refractivity contribution in [2.24, 2.45) is 7.05 Å². The Morgan fingerprint density at radius 2 is 1.83 bits per heavy atom. The second-order valence-electron chi connectivity index (χ2n) is 5.81. The van der Waals surface area contributed by atoms with Crippen LogP contribution in [0.2, 0.25) is 0 Å². The molecule has 8 nitrogen and oxygen atoms in total. The molecule has 0 unspecified atom stereocenters. The molecule has 0 aliphatic carbocycles. The number of aryl methyl sites for hydroxylation is 4. The van der Waals surface area contributed by atoms with Crippen LogP contribution in [0.1, 0.15) is 36.0 Å². The van der Waals surface area contributed by atoms with Gasteiger partial charge in [-0.2, -0.15) is 10.2 Å². The summed E-state index contributed by atoms with van der Waals surface area (Å²) in [5, 5.41) is 13.8. The first-order valence-corrected chi connectivity index (χ1v) is 7.95. The van der Waals surface area contributed by atoms with Crippen molar-refractivity contribution < 1.29 is 9.59 Å². The minimum atomic E-state index is -0.701. The molecule has 2 heterocycles. The second-order valence-corrected chi connectivity index (χ2v) is 5.81. The van der Waals surface area contributed by atoms with Gasteiger partial charge < -0.3 is 10.6 Å². The van der Waals surface area contributed by atoms with E-state index in [4.69, 9.17) is 0 Å². The number of amides is 2. The maximum atomic E-state index is 12.1. The zero-order valence-electron chi connectivity index (χ0n) is 14.8. The van der Waals surface area contributed by atoms with Gasteiger partial charge in [0.25, 0.3) is 0 Å². The molecule has 2 amide bonds. The van der Waals surface area contributed by atoms with Crippen LogP contribution in [0.4, 0.5) is 5.69 Å². The van der Waals surface area contributed by atoms with E-state index < -0.39 is 11.8 Å². The van der Waals surface area contributed by atoms with E-state index in [-0.39, 0.29) is 6.54 Å². The average molecular weight is 332 g/mol. The molecule has 24 heavy (non-hydrogen) atoms. The topological polar surface area (TPSA) is 93.8 Å². The van der Waals surface area contributed by atoms with Gasteiger partial charge in [0, 0.05) is 31.9 Å². The zero-order chi connectivity index (χ0) is 17.9. The summed E-state index contributed by atoms with van der Waals surface area (Å²) >= 11 is 0. The van der Waals surface area contributed by atoms with E-state index in [2.05, 4.69) is 27.8 Å². The first kappa shape index (κ1) is 17.7. The molecular formula is C16H24N6O2. The van der Waals surface area contributed by atoms with Crippen LogP contribution in [-0.2, 0) is 29.7 Å². The highest BCUT2D eigenvalue weighted by Crippen LogP contribution is 2.18. The lowest BCUT2D eigenvalue weighted by molar-refractivity contribution is -0.136. The van der Waals surface area contributed by atoms with E-state index in [1.165, 1.54) is 0 Å². The second kappa shape index (κ2) is 7.29. The fourth-order valence-corrected chi connectivity index (χ4v) is 2.46. The van der Waals surface area contributed by atoms with Gasteiger partial charge in [0.15, 0.2) is 0 Å². The Kier molecular flexibility index (Phi) is 5.38. The van der Waals surface area contributed by atoms with Crippen LogP contribution in [0, 0.1) is 20.8 Å². The zero-order valence-corrected chi connectivity index (χ0v) is 14.8. The van der Waals surface area contributed by atoms with E-state index in [9.17, 15) is 9.59 Å². The molecule has 2 aromatic rings. The largest absolute Gasteiger partial charge is 0.344 e. The number of carbonyl (C=O) groups is 2. The molecule has 0 radical (unpaired) electrons. The Morgan fingerprint density at radius 1 is 1.12 bits per heavy atom. The van der Waals surface area contributed by atoms with E-state index in [1.807, 2.05) is 24.7 Å². The summed E-state index contributed by atoms with van der Waals surface area (Å²) in [6.45, 7) is 8.67. The summed E-state index contributed by atoms with van der Waals surface area (Å²) in [5.41, 5.74) is 3.80. The van der Waals surface area contributed by atoms with Crippen molar-refractivity contribution in [3.8, 4) is 0 Å². The van der Waals surface area contributed by atoms with Crippen molar-refractivity contribution in [1.29, 1.82) is 0 Å². The quantitative estimate of drug-likeness (QED) is 0.805. The third kappa shape index (κ3) is 3.81. The summed E-state index contributed by atoms with van der Waals surface area (Å²) in [4.78, 5) is 24.1. The van der Waals surface area contributed by atoms with Gasteiger partial charge in [-0.3, -0.25) is 19.0 Å². The molecule has 2 aromatic heterocycles. The predicted molar refractivity (Wildman–Crippen MR) is 90.4 cm³/mol. The maximum Gasteiger partial charge on any atom is 0.313 e. The highest BCUT2D eigenvalue weighted by atomic mass is 16.2. The molecular weight excluding hydrogens is 308 g/mol. The number of rotatable bonds is 5. The Hall–Kier alpha value is -2.64. The SMILES string of the molecule is CCCn1cc(CNC(=O)C(=O)Nc2c(C)nn(C)c2C)c(C)n1. The van der Waals surface area contributed by atoms with Gasteiger partial charge in [-0.05, 0) is 27.2 Å². The molecule has 8 heteroatoms. The van der Waals surface area contributed by atoms with Gasteiger partial charge in [0.05, 0.1) is 22.8 Å². The number of aromatic nitrogens is 4. The predicted octanol–water partition coefficient (Wildman–Crippen LogP) is 1.21. The third-order valence-electron chi connectivity index (χ3n) is 3.89. The summed E-state index contributed by atoms with van der Waals surface area (Å²) in [5.74, 6) is -1.38. The lowest BCUT2D eigenvalue weighted by Gasteiger charge is -2.06. The molecule has 2 N–H and O–H groups in total. The summed E-state index contributed by atoms with van der Waals surface area (Å²) in [6.07, 6.45) is 2.88. The lowest BCUT2D eigenvalue weighted by Crippen LogP contribution is -2.35. The van der Waals surface area contributed by atoms with Gasteiger partial charge in [0.2, 0.25) is 0 Å². The van der Waals surface area contributed by atoms with Crippen LogP contribution in [0.25, 0.3) is 0 Å². The van der Waals surface area contributed by atoms with E-state index >= 15 is 0 Å². The minimum absolute atomic E-state index is 0.271. The number of anilines is 1. The fourth-order valence-electron chi connectivity index (χ4n) is 2.46. The van der Waals surface area contributed by atoms with Gasteiger partial charge in [-0.15, -0.1) is 0 Å².